The lowest BCUT2D eigenvalue weighted by atomic mass is 9.94. The molecule has 17 heavy (non-hydrogen) atoms. The van der Waals surface area contributed by atoms with E-state index >= 15 is 0 Å². The Balaban J connectivity index is 2.45. The molecule has 2 nitrogen and oxygen atoms in total. The fraction of sp³-hybridized carbons (Fsp3) is 0.733. The Morgan fingerprint density at radius 1 is 1.18 bits per heavy atom. The molecule has 0 N–H and O–H groups in total. The highest BCUT2D eigenvalue weighted by molar-refractivity contribution is 5.08. The number of unbranched alkanes of at least 4 members (excludes halogenated alkanes) is 3. The zero-order valence-corrected chi connectivity index (χ0v) is 11.5. The number of ether oxygens (including phenoxy) is 2. The number of allylic oxidation sites excluding steroid dienone is 1. The summed E-state index contributed by atoms with van der Waals surface area (Å²) in [5.41, 5.74) is 0.0998. The Morgan fingerprint density at radius 3 is 2.35 bits per heavy atom. The summed E-state index contributed by atoms with van der Waals surface area (Å²) in [6, 6.07) is 0. The summed E-state index contributed by atoms with van der Waals surface area (Å²) in [7, 11) is 0. The molecule has 1 heterocycles. The molecule has 1 aliphatic rings. The zero-order valence-electron chi connectivity index (χ0n) is 11.5. The maximum absolute atomic E-state index is 5.81. The molecule has 1 fully saturated rings. The third-order valence-electron chi connectivity index (χ3n) is 2.99. The van der Waals surface area contributed by atoms with Gasteiger partial charge >= 0.3 is 0 Å². The second kappa shape index (κ2) is 6.36. The normalized spacial score (nSPS) is 22.8. The van der Waals surface area contributed by atoms with Crippen LogP contribution in [-0.4, -0.2) is 19.0 Å². The Bertz CT molecular complexity index is 256. The maximum atomic E-state index is 5.81. The van der Waals surface area contributed by atoms with Crippen LogP contribution in [0.3, 0.4) is 0 Å². The van der Waals surface area contributed by atoms with Crippen LogP contribution in [0.5, 0.6) is 0 Å². The molecule has 0 unspecified atom stereocenters. The van der Waals surface area contributed by atoms with Gasteiger partial charge in [0.1, 0.15) is 0 Å². The minimum absolute atomic E-state index is 0.0998. The van der Waals surface area contributed by atoms with Crippen molar-refractivity contribution in [1.29, 1.82) is 0 Å². The van der Waals surface area contributed by atoms with Crippen LogP contribution in [0.1, 0.15) is 46.5 Å². The summed E-state index contributed by atoms with van der Waals surface area (Å²) in [5, 5.41) is 0. The van der Waals surface area contributed by atoms with Gasteiger partial charge in [-0.3, -0.25) is 0 Å². The molecule has 0 spiro atoms. The van der Waals surface area contributed by atoms with Crippen molar-refractivity contribution in [2.24, 2.45) is 5.41 Å². The molecule has 1 aliphatic heterocycles. The second-order valence-electron chi connectivity index (χ2n) is 5.57. The predicted molar refractivity (Wildman–Crippen MR) is 71.9 cm³/mol. The fourth-order valence-corrected chi connectivity index (χ4v) is 1.74. The van der Waals surface area contributed by atoms with Gasteiger partial charge in [0.25, 0.3) is 0 Å². The van der Waals surface area contributed by atoms with Gasteiger partial charge in [-0.25, -0.2) is 0 Å². The lowest BCUT2D eigenvalue weighted by Crippen LogP contribution is -2.45. The summed E-state index contributed by atoms with van der Waals surface area (Å²) in [4.78, 5) is 0. The minimum Gasteiger partial charge on any atom is -0.342 e. The summed E-state index contributed by atoms with van der Waals surface area (Å²) < 4.78 is 11.6. The molecule has 1 saturated heterocycles. The zero-order chi connectivity index (χ0) is 12.8. The quantitative estimate of drug-likeness (QED) is 0.513. The Kier molecular flexibility index (Phi) is 5.41. The van der Waals surface area contributed by atoms with Crippen LogP contribution in [0, 0.1) is 5.41 Å². The van der Waals surface area contributed by atoms with Crippen molar-refractivity contribution in [2.75, 3.05) is 13.2 Å². The summed E-state index contributed by atoms with van der Waals surface area (Å²) >= 11 is 0. The van der Waals surface area contributed by atoms with E-state index in [4.69, 9.17) is 9.47 Å². The molecule has 0 bridgehead atoms. The Labute approximate surface area is 106 Å². The molecule has 0 aromatic rings. The SMILES string of the molecule is C=CC1(/C=C\CCCCC)OCC(C)(C)CO1. The molecular weight excluding hydrogens is 212 g/mol. The molecule has 2 heteroatoms. The average Bonchev–Trinajstić information content (AvgIpc) is 2.32. The monoisotopic (exact) mass is 238 g/mol. The highest BCUT2D eigenvalue weighted by atomic mass is 16.7. The van der Waals surface area contributed by atoms with Crippen LogP contribution in [0.4, 0.5) is 0 Å². The van der Waals surface area contributed by atoms with E-state index in [0.29, 0.717) is 13.2 Å². The van der Waals surface area contributed by atoms with E-state index in [1.54, 1.807) is 6.08 Å². The molecule has 0 amide bonds. The molecule has 0 aromatic heterocycles. The molecular formula is C15H26O2. The largest absolute Gasteiger partial charge is 0.342 e. The van der Waals surface area contributed by atoms with Crippen molar-refractivity contribution >= 4 is 0 Å². The first-order valence-corrected chi connectivity index (χ1v) is 6.63. The van der Waals surface area contributed by atoms with E-state index in [1.165, 1.54) is 19.3 Å². The lowest BCUT2D eigenvalue weighted by molar-refractivity contribution is -0.245. The van der Waals surface area contributed by atoms with Gasteiger partial charge in [0.15, 0.2) is 0 Å². The highest BCUT2D eigenvalue weighted by Gasteiger charge is 2.36. The first-order valence-electron chi connectivity index (χ1n) is 6.63. The topological polar surface area (TPSA) is 18.5 Å². The van der Waals surface area contributed by atoms with E-state index in [0.717, 1.165) is 6.42 Å². The van der Waals surface area contributed by atoms with Crippen LogP contribution in [0.15, 0.2) is 24.8 Å². The van der Waals surface area contributed by atoms with Crippen LogP contribution in [-0.2, 0) is 9.47 Å². The van der Waals surface area contributed by atoms with Gasteiger partial charge in [0.05, 0.1) is 13.2 Å². The van der Waals surface area contributed by atoms with Crippen molar-refractivity contribution in [2.45, 2.75) is 52.2 Å². The Morgan fingerprint density at radius 2 is 1.82 bits per heavy atom. The number of rotatable bonds is 6. The molecule has 0 saturated carbocycles. The van der Waals surface area contributed by atoms with Gasteiger partial charge in [0, 0.05) is 5.41 Å². The minimum atomic E-state index is -0.693. The third kappa shape index (κ3) is 4.64. The van der Waals surface area contributed by atoms with Crippen molar-refractivity contribution in [1.82, 2.24) is 0 Å². The first kappa shape index (κ1) is 14.5. The van der Waals surface area contributed by atoms with Gasteiger partial charge < -0.3 is 9.47 Å². The Hall–Kier alpha value is -0.600. The number of hydrogen-bond donors (Lipinski definition) is 0. The molecule has 0 aliphatic carbocycles. The van der Waals surface area contributed by atoms with Crippen LogP contribution >= 0.6 is 0 Å². The van der Waals surface area contributed by atoms with Crippen molar-refractivity contribution in [3.8, 4) is 0 Å². The van der Waals surface area contributed by atoms with E-state index in [9.17, 15) is 0 Å². The summed E-state index contributed by atoms with van der Waals surface area (Å²) in [5.74, 6) is -0.693. The average molecular weight is 238 g/mol. The molecule has 0 radical (unpaired) electrons. The highest BCUT2D eigenvalue weighted by Crippen LogP contribution is 2.31. The molecule has 1 rings (SSSR count). The van der Waals surface area contributed by atoms with E-state index in [-0.39, 0.29) is 5.41 Å². The van der Waals surface area contributed by atoms with Crippen molar-refractivity contribution in [3.05, 3.63) is 24.8 Å². The smallest absolute Gasteiger partial charge is 0.207 e. The van der Waals surface area contributed by atoms with Gasteiger partial charge in [-0.15, -0.1) is 0 Å². The van der Waals surface area contributed by atoms with Gasteiger partial charge in [-0.1, -0.05) is 46.3 Å². The van der Waals surface area contributed by atoms with Gasteiger partial charge in [-0.05, 0) is 25.0 Å². The standard InChI is InChI=1S/C15H26O2/c1-5-7-8-9-10-11-15(6-2)16-12-14(3,4)13-17-15/h6,10-11H,2,5,7-9,12-13H2,1,3-4H3/b11-10-. The van der Waals surface area contributed by atoms with Crippen LogP contribution in [0.25, 0.3) is 0 Å². The van der Waals surface area contributed by atoms with Crippen molar-refractivity contribution in [3.63, 3.8) is 0 Å². The second-order valence-corrected chi connectivity index (χ2v) is 5.57. The third-order valence-corrected chi connectivity index (χ3v) is 2.99. The van der Waals surface area contributed by atoms with E-state index in [1.807, 2.05) is 6.08 Å². The lowest BCUT2D eigenvalue weighted by Gasteiger charge is -2.40. The van der Waals surface area contributed by atoms with E-state index in [2.05, 4.69) is 33.4 Å². The van der Waals surface area contributed by atoms with Crippen molar-refractivity contribution < 1.29 is 9.47 Å². The van der Waals surface area contributed by atoms with Crippen LogP contribution in [0.2, 0.25) is 0 Å². The molecule has 0 atom stereocenters. The predicted octanol–water partition coefficient (Wildman–Crippen LogP) is 4.08. The first-order chi connectivity index (χ1) is 8.04. The van der Waals surface area contributed by atoms with Gasteiger partial charge in [0.2, 0.25) is 5.79 Å². The summed E-state index contributed by atoms with van der Waals surface area (Å²) in [6.45, 7) is 11.7. The maximum Gasteiger partial charge on any atom is 0.207 e. The fourth-order valence-electron chi connectivity index (χ4n) is 1.74. The molecule has 98 valence electrons. The van der Waals surface area contributed by atoms with Gasteiger partial charge in [-0.2, -0.15) is 0 Å². The number of hydrogen-bond acceptors (Lipinski definition) is 2. The molecule has 0 aromatic carbocycles. The summed E-state index contributed by atoms with van der Waals surface area (Å²) in [6.07, 6.45) is 10.7. The van der Waals surface area contributed by atoms with Crippen LogP contribution < -0.4 is 0 Å². The van der Waals surface area contributed by atoms with E-state index < -0.39 is 5.79 Å².